The summed E-state index contributed by atoms with van der Waals surface area (Å²) in [6, 6.07) is 7.37. The number of nitrogens with one attached hydrogen (secondary N) is 1. The molecular weight excluding hydrogens is 274 g/mol. The van der Waals surface area contributed by atoms with Crippen molar-refractivity contribution in [3.63, 3.8) is 0 Å². The van der Waals surface area contributed by atoms with Gasteiger partial charge in [-0.1, -0.05) is 6.07 Å². The number of nitrogens with zero attached hydrogens (tertiary/aromatic N) is 2. The van der Waals surface area contributed by atoms with Crippen LogP contribution in [-0.2, 0) is 7.05 Å². The molecule has 0 radical (unpaired) electrons. The van der Waals surface area contributed by atoms with E-state index >= 15 is 0 Å². The van der Waals surface area contributed by atoms with Crippen molar-refractivity contribution in [2.75, 3.05) is 23.9 Å². The number of amides is 1. The highest BCUT2D eigenvalue weighted by Gasteiger charge is 2.08. The Morgan fingerprint density at radius 2 is 2.35 bits per heavy atom. The van der Waals surface area contributed by atoms with Gasteiger partial charge in [0, 0.05) is 30.8 Å². The monoisotopic (exact) mass is 291 g/mol. The van der Waals surface area contributed by atoms with Gasteiger partial charge in [-0.15, -0.1) is 0 Å². The number of thioether (sulfide) groups is 1. The van der Waals surface area contributed by atoms with E-state index in [2.05, 4.69) is 10.4 Å². The fourth-order valence-electron chi connectivity index (χ4n) is 1.65. The molecule has 1 N–H and O–H groups in total. The Bertz CT molecular complexity index is 583. The van der Waals surface area contributed by atoms with Crippen molar-refractivity contribution in [1.29, 1.82) is 0 Å². The van der Waals surface area contributed by atoms with E-state index in [1.54, 1.807) is 29.7 Å². The predicted octanol–water partition coefficient (Wildman–Crippen LogP) is 2.41. The summed E-state index contributed by atoms with van der Waals surface area (Å²) in [5, 5.41) is 6.80. The molecule has 106 valence electrons. The van der Waals surface area contributed by atoms with E-state index in [0.29, 0.717) is 17.9 Å². The topological polar surface area (TPSA) is 56.1 Å². The lowest BCUT2D eigenvalue weighted by Crippen LogP contribution is -2.11. The number of carbonyl (C=O) groups is 1. The average Bonchev–Trinajstić information content (AvgIpc) is 2.86. The predicted molar refractivity (Wildman–Crippen MR) is 81.5 cm³/mol. The van der Waals surface area contributed by atoms with Gasteiger partial charge in [-0.25, -0.2) is 0 Å². The molecule has 2 aromatic rings. The van der Waals surface area contributed by atoms with Crippen LogP contribution in [0.5, 0.6) is 5.75 Å². The molecule has 0 unspecified atom stereocenters. The molecule has 6 heteroatoms. The summed E-state index contributed by atoms with van der Waals surface area (Å²) in [5.74, 6) is 1.51. The van der Waals surface area contributed by atoms with Crippen LogP contribution < -0.4 is 10.1 Å². The molecule has 1 amide bonds. The fraction of sp³-hybridized carbons (Fsp3) is 0.286. The van der Waals surface area contributed by atoms with E-state index in [1.807, 2.05) is 30.5 Å². The highest BCUT2D eigenvalue weighted by Crippen LogP contribution is 2.18. The number of rotatable bonds is 6. The van der Waals surface area contributed by atoms with Crippen molar-refractivity contribution in [2.24, 2.45) is 7.05 Å². The molecule has 1 heterocycles. The zero-order valence-corrected chi connectivity index (χ0v) is 12.3. The molecule has 2 rings (SSSR count). The number of ether oxygens (including phenoxy) is 1. The minimum absolute atomic E-state index is 0.181. The molecule has 0 aliphatic rings. The molecule has 0 saturated carbocycles. The lowest BCUT2D eigenvalue weighted by molar-refractivity contribution is 0.102. The third-order valence-corrected chi connectivity index (χ3v) is 3.19. The van der Waals surface area contributed by atoms with Crippen molar-refractivity contribution in [3.8, 4) is 5.75 Å². The van der Waals surface area contributed by atoms with Crippen molar-refractivity contribution < 1.29 is 9.53 Å². The Balaban J connectivity index is 1.98. The number of carbonyl (C=O) groups excluding carboxylic acids is 1. The zero-order chi connectivity index (χ0) is 14.4. The summed E-state index contributed by atoms with van der Waals surface area (Å²) in [5.41, 5.74) is 1.24. The number of anilines is 1. The second-order valence-corrected chi connectivity index (χ2v) is 5.21. The molecule has 20 heavy (non-hydrogen) atoms. The second kappa shape index (κ2) is 7.00. The molecule has 1 aromatic carbocycles. The molecule has 0 aliphatic carbocycles. The molecule has 1 aromatic heterocycles. The highest BCUT2D eigenvalue weighted by atomic mass is 32.2. The van der Waals surface area contributed by atoms with Crippen LogP contribution >= 0.6 is 11.8 Å². The number of benzene rings is 1. The Kier molecular flexibility index (Phi) is 5.06. The quantitative estimate of drug-likeness (QED) is 0.830. The lowest BCUT2D eigenvalue weighted by Gasteiger charge is -2.08. The van der Waals surface area contributed by atoms with E-state index < -0.39 is 0 Å². The Labute approximate surface area is 122 Å². The minimum Gasteiger partial charge on any atom is -0.493 e. The van der Waals surface area contributed by atoms with Crippen molar-refractivity contribution in [1.82, 2.24) is 9.78 Å². The van der Waals surface area contributed by atoms with E-state index in [4.69, 9.17) is 4.74 Å². The van der Waals surface area contributed by atoms with Gasteiger partial charge in [-0.05, 0) is 18.4 Å². The summed E-state index contributed by atoms with van der Waals surface area (Å²) in [6.07, 6.45) is 5.25. The van der Waals surface area contributed by atoms with E-state index in [1.165, 1.54) is 6.20 Å². The van der Waals surface area contributed by atoms with Crippen LogP contribution in [0.25, 0.3) is 0 Å². The SMILES string of the molecule is CSCCOc1cccc(NC(=O)c2cnn(C)c2)c1. The third kappa shape index (κ3) is 4.03. The van der Waals surface area contributed by atoms with Gasteiger partial charge >= 0.3 is 0 Å². The summed E-state index contributed by atoms with van der Waals surface area (Å²) in [7, 11) is 1.77. The van der Waals surface area contributed by atoms with Crippen molar-refractivity contribution in [3.05, 3.63) is 42.2 Å². The molecule has 0 spiro atoms. The number of hydrogen-bond acceptors (Lipinski definition) is 4. The van der Waals surface area contributed by atoms with Crippen LogP contribution in [-0.4, -0.2) is 34.3 Å². The molecular formula is C14H17N3O2S. The summed E-state index contributed by atoms with van der Waals surface area (Å²) in [4.78, 5) is 12.0. The number of aromatic nitrogens is 2. The lowest BCUT2D eigenvalue weighted by atomic mass is 10.2. The Hall–Kier alpha value is -1.95. The standard InChI is InChI=1S/C14H17N3O2S/c1-17-10-11(9-15-17)14(18)16-12-4-3-5-13(8-12)19-6-7-20-2/h3-5,8-10H,6-7H2,1-2H3,(H,16,18). The second-order valence-electron chi connectivity index (χ2n) is 4.23. The normalized spacial score (nSPS) is 10.3. The Morgan fingerprint density at radius 1 is 1.50 bits per heavy atom. The van der Waals surface area contributed by atoms with Gasteiger partial charge in [-0.2, -0.15) is 16.9 Å². The van der Waals surface area contributed by atoms with Gasteiger partial charge in [0.2, 0.25) is 0 Å². The maximum absolute atomic E-state index is 12.0. The van der Waals surface area contributed by atoms with Crippen LogP contribution in [0.2, 0.25) is 0 Å². The first-order valence-electron chi connectivity index (χ1n) is 6.21. The first kappa shape index (κ1) is 14.5. The minimum atomic E-state index is -0.181. The van der Waals surface area contributed by atoms with Crippen LogP contribution in [0.4, 0.5) is 5.69 Å². The number of aryl methyl sites for hydroxylation is 1. The third-order valence-electron chi connectivity index (χ3n) is 2.62. The summed E-state index contributed by atoms with van der Waals surface area (Å²) >= 11 is 1.73. The Morgan fingerprint density at radius 3 is 3.05 bits per heavy atom. The zero-order valence-electron chi connectivity index (χ0n) is 11.5. The first-order valence-corrected chi connectivity index (χ1v) is 7.60. The maximum atomic E-state index is 12.0. The molecule has 0 atom stereocenters. The molecule has 0 saturated heterocycles. The van der Waals surface area contributed by atoms with Gasteiger partial charge in [0.15, 0.2) is 0 Å². The van der Waals surface area contributed by atoms with Crippen LogP contribution in [0, 0.1) is 0 Å². The smallest absolute Gasteiger partial charge is 0.258 e. The molecule has 0 fully saturated rings. The van der Waals surface area contributed by atoms with Crippen molar-refractivity contribution in [2.45, 2.75) is 0 Å². The van der Waals surface area contributed by atoms with Crippen LogP contribution in [0.1, 0.15) is 10.4 Å². The van der Waals surface area contributed by atoms with Crippen LogP contribution in [0.3, 0.4) is 0 Å². The van der Waals surface area contributed by atoms with Gasteiger partial charge in [0.05, 0.1) is 18.4 Å². The largest absolute Gasteiger partial charge is 0.493 e. The van der Waals surface area contributed by atoms with Gasteiger partial charge in [0.1, 0.15) is 5.75 Å². The molecule has 5 nitrogen and oxygen atoms in total. The fourth-order valence-corrected chi connectivity index (χ4v) is 1.90. The van der Waals surface area contributed by atoms with Crippen molar-refractivity contribution >= 4 is 23.4 Å². The average molecular weight is 291 g/mol. The molecule has 0 aliphatic heterocycles. The van der Waals surface area contributed by atoms with E-state index in [0.717, 1.165) is 11.5 Å². The van der Waals surface area contributed by atoms with Gasteiger partial charge in [-0.3, -0.25) is 9.48 Å². The van der Waals surface area contributed by atoms with Crippen LogP contribution in [0.15, 0.2) is 36.7 Å². The number of hydrogen-bond donors (Lipinski definition) is 1. The van der Waals surface area contributed by atoms with Gasteiger partial charge < -0.3 is 10.1 Å². The van der Waals surface area contributed by atoms with E-state index in [9.17, 15) is 4.79 Å². The summed E-state index contributed by atoms with van der Waals surface area (Å²) in [6.45, 7) is 0.654. The molecule has 0 bridgehead atoms. The highest BCUT2D eigenvalue weighted by molar-refractivity contribution is 7.98. The van der Waals surface area contributed by atoms with E-state index in [-0.39, 0.29) is 5.91 Å². The summed E-state index contributed by atoms with van der Waals surface area (Å²) < 4.78 is 7.18. The first-order chi connectivity index (χ1) is 9.69. The maximum Gasteiger partial charge on any atom is 0.258 e. The van der Waals surface area contributed by atoms with Gasteiger partial charge in [0.25, 0.3) is 5.91 Å².